The van der Waals surface area contributed by atoms with Crippen LogP contribution in [-0.2, 0) is 13.1 Å². The highest BCUT2D eigenvalue weighted by atomic mass is 16.5. The normalized spacial score (nSPS) is 15.3. The Hall–Kier alpha value is -3.52. The first-order valence-corrected chi connectivity index (χ1v) is 13.9. The van der Waals surface area contributed by atoms with Crippen LogP contribution in [0.1, 0.15) is 87.0 Å². The molecule has 5 rings (SSSR count). The third-order valence-electron chi connectivity index (χ3n) is 7.65. The Labute approximate surface area is 224 Å². The summed E-state index contributed by atoms with van der Waals surface area (Å²) in [6.45, 7) is 8.00. The number of nitrogens with zero attached hydrogens (tertiary/aromatic N) is 5. The molecule has 38 heavy (non-hydrogen) atoms. The SMILES string of the molecule is CCOc1ccc2[nH]c(=O)c(CN(Cc3ccc(C)cc3)[C@H](CC)c3nnnn3C3CCCCC3)cc2c1. The molecule has 1 aliphatic carbocycles. The standard InChI is InChI=1S/C30H38N6O2/c1-4-28(29-32-33-34-36(29)25-9-7-6-8-10-25)35(19-22-13-11-21(3)12-14-22)20-24-17-23-18-26(38-5-2)15-16-27(23)31-30(24)37/h11-18,25,28H,4-10,19-20H2,1-3H3,(H,31,37)/t28-/m1/s1. The van der Waals surface area contributed by atoms with Crippen molar-refractivity contribution in [1.82, 2.24) is 30.1 Å². The first-order chi connectivity index (χ1) is 18.6. The summed E-state index contributed by atoms with van der Waals surface area (Å²) >= 11 is 0. The Bertz CT molecular complexity index is 1400. The molecule has 1 aliphatic rings. The number of ether oxygens (including phenoxy) is 1. The number of pyridine rings is 1. The van der Waals surface area contributed by atoms with Crippen molar-refractivity contribution in [2.75, 3.05) is 6.61 Å². The van der Waals surface area contributed by atoms with Gasteiger partial charge in [-0.2, -0.15) is 0 Å². The molecule has 0 bridgehead atoms. The van der Waals surface area contributed by atoms with Crippen molar-refractivity contribution in [3.8, 4) is 5.75 Å². The van der Waals surface area contributed by atoms with Gasteiger partial charge in [0.05, 0.1) is 18.7 Å². The average molecular weight is 515 g/mol. The van der Waals surface area contributed by atoms with Crippen molar-refractivity contribution in [1.29, 1.82) is 0 Å². The Morgan fingerprint density at radius 3 is 2.58 bits per heavy atom. The molecule has 0 spiro atoms. The van der Waals surface area contributed by atoms with Crippen LogP contribution in [0.25, 0.3) is 10.9 Å². The lowest BCUT2D eigenvalue weighted by molar-refractivity contribution is 0.155. The van der Waals surface area contributed by atoms with Crippen LogP contribution in [0.4, 0.5) is 0 Å². The van der Waals surface area contributed by atoms with Gasteiger partial charge in [0.2, 0.25) is 0 Å². The summed E-state index contributed by atoms with van der Waals surface area (Å²) in [7, 11) is 0. The molecule has 4 aromatic rings. The predicted molar refractivity (Wildman–Crippen MR) is 149 cm³/mol. The molecule has 0 saturated heterocycles. The zero-order valence-electron chi connectivity index (χ0n) is 22.7. The van der Waals surface area contributed by atoms with Gasteiger partial charge in [0.1, 0.15) is 5.75 Å². The van der Waals surface area contributed by atoms with Crippen molar-refractivity contribution in [2.24, 2.45) is 0 Å². The fraction of sp³-hybridized carbons (Fsp3) is 0.467. The van der Waals surface area contributed by atoms with E-state index in [2.05, 4.69) is 68.2 Å². The highest BCUT2D eigenvalue weighted by Gasteiger charge is 2.29. The maximum atomic E-state index is 13.2. The molecule has 8 heteroatoms. The van der Waals surface area contributed by atoms with Crippen LogP contribution in [0.5, 0.6) is 5.75 Å². The number of aryl methyl sites for hydroxylation is 1. The topological polar surface area (TPSA) is 88.9 Å². The summed E-state index contributed by atoms with van der Waals surface area (Å²) in [4.78, 5) is 18.7. The Kier molecular flexibility index (Phi) is 8.17. The average Bonchev–Trinajstić information content (AvgIpc) is 3.41. The van der Waals surface area contributed by atoms with Gasteiger partial charge >= 0.3 is 0 Å². The van der Waals surface area contributed by atoms with E-state index in [1.807, 2.05) is 31.2 Å². The van der Waals surface area contributed by atoms with E-state index in [1.165, 1.54) is 30.4 Å². The molecule has 2 aromatic carbocycles. The van der Waals surface area contributed by atoms with Crippen LogP contribution < -0.4 is 10.3 Å². The maximum absolute atomic E-state index is 13.2. The smallest absolute Gasteiger partial charge is 0.252 e. The van der Waals surface area contributed by atoms with E-state index in [1.54, 1.807) is 0 Å². The second-order valence-electron chi connectivity index (χ2n) is 10.4. The number of hydrogen-bond acceptors (Lipinski definition) is 6. The number of rotatable bonds is 10. The van der Waals surface area contributed by atoms with Gasteiger partial charge in [0.25, 0.3) is 5.56 Å². The second-order valence-corrected chi connectivity index (χ2v) is 10.4. The number of tetrazole rings is 1. The maximum Gasteiger partial charge on any atom is 0.252 e. The molecule has 200 valence electrons. The first-order valence-electron chi connectivity index (χ1n) is 13.9. The lowest BCUT2D eigenvalue weighted by atomic mass is 9.95. The fourth-order valence-corrected chi connectivity index (χ4v) is 5.64. The Morgan fingerprint density at radius 2 is 1.84 bits per heavy atom. The Balaban J connectivity index is 1.52. The Morgan fingerprint density at radius 1 is 1.05 bits per heavy atom. The molecule has 8 nitrogen and oxygen atoms in total. The third kappa shape index (κ3) is 5.80. The van der Waals surface area contributed by atoms with Crippen LogP contribution in [0, 0.1) is 6.92 Å². The number of aromatic amines is 1. The number of H-pyrrole nitrogens is 1. The van der Waals surface area contributed by atoms with Gasteiger partial charge in [-0.1, -0.05) is 56.0 Å². The van der Waals surface area contributed by atoms with Crippen molar-refractivity contribution in [2.45, 2.75) is 84.5 Å². The molecular weight excluding hydrogens is 476 g/mol. The summed E-state index contributed by atoms with van der Waals surface area (Å²) < 4.78 is 7.77. The zero-order chi connectivity index (χ0) is 26.5. The molecular formula is C30H38N6O2. The molecule has 2 heterocycles. The minimum atomic E-state index is -0.0720. The molecule has 0 amide bonds. The van der Waals surface area contributed by atoms with Gasteiger partial charge in [-0.05, 0) is 73.4 Å². The monoisotopic (exact) mass is 514 g/mol. The summed E-state index contributed by atoms with van der Waals surface area (Å²) in [5.74, 6) is 1.69. The summed E-state index contributed by atoms with van der Waals surface area (Å²) in [5.41, 5.74) is 3.87. The van der Waals surface area contributed by atoms with Crippen LogP contribution >= 0.6 is 0 Å². The van der Waals surface area contributed by atoms with Gasteiger partial charge < -0.3 is 9.72 Å². The van der Waals surface area contributed by atoms with Gasteiger partial charge in [0, 0.05) is 29.6 Å². The number of benzene rings is 2. The third-order valence-corrected chi connectivity index (χ3v) is 7.65. The van der Waals surface area contributed by atoms with E-state index >= 15 is 0 Å². The van der Waals surface area contributed by atoms with Crippen molar-refractivity contribution in [3.63, 3.8) is 0 Å². The summed E-state index contributed by atoms with van der Waals surface area (Å²) in [6.07, 6.45) is 6.76. The molecule has 0 aliphatic heterocycles. The van der Waals surface area contributed by atoms with Crippen molar-refractivity contribution >= 4 is 10.9 Å². The molecule has 0 unspecified atom stereocenters. The summed E-state index contributed by atoms with van der Waals surface area (Å²) in [5, 5.41) is 14.1. The van der Waals surface area contributed by atoms with Crippen LogP contribution in [0.2, 0.25) is 0 Å². The van der Waals surface area contributed by atoms with E-state index in [4.69, 9.17) is 4.74 Å². The van der Waals surface area contributed by atoms with Crippen LogP contribution in [0.3, 0.4) is 0 Å². The quantitative estimate of drug-likeness (QED) is 0.284. The van der Waals surface area contributed by atoms with Crippen molar-refractivity contribution in [3.05, 3.63) is 81.4 Å². The molecule has 2 aromatic heterocycles. The zero-order valence-corrected chi connectivity index (χ0v) is 22.7. The minimum absolute atomic E-state index is 0.0296. The highest BCUT2D eigenvalue weighted by Crippen LogP contribution is 2.33. The number of aromatic nitrogens is 5. The van der Waals surface area contributed by atoms with E-state index in [-0.39, 0.29) is 11.6 Å². The molecule has 1 fully saturated rings. The van der Waals surface area contributed by atoms with E-state index < -0.39 is 0 Å². The minimum Gasteiger partial charge on any atom is -0.494 e. The number of fused-ring (bicyclic) bond motifs is 1. The lowest BCUT2D eigenvalue weighted by Gasteiger charge is -2.32. The van der Waals surface area contributed by atoms with E-state index in [0.29, 0.717) is 31.3 Å². The van der Waals surface area contributed by atoms with Crippen LogP contribution in [-0.4, -0.2) is 36.7 Å². The van der Waals surface area contributed by atoms with Gasteiger partial charge in [-0.25, -0.2) is 4.68 Å². The predicted octanol–water partition coefficient (Wildman–Crippen LogP) is 5.88. The number of nitrogens with one attached hydrogen (secondary N) is 1. The molecule has 1 N–H and O–H groups in total. The molecule has 1 saturated carbocycles. The largest absolute Gasteiger partial charge is 0.494 e. The van der Waals surface area contributed by atoms with E-state index in [9.17, 15) is 4.79 Å². The highest BCUT2D eigenvalue weighted by molar-refractivity contribution is 5.80. The molecule has 1 atom stereocenters. The number of hydrogen-bond donors (Lipinski definition) is 1. The fourth-order valence-electron chi connectivity index (χ4n) is 5.64. The molecule has 0 radical (unpaired) electrons. The van der Waals surface area contributed by atoms with Crippen LogP contribution in [0.15, 0.2) is 53.3 Å². The van der Waals surface area contributed by atoms with Crippen molar-refractivity contribution < 1.29 is 4.74 Å². The van der Waals surface area contributed by atoms with E-state index in [0.717, 1.165) is 41.7 Å². The van der Waals surface area contributed by atoms with Gasteiger partial charge in [-0.15, -0.1) is 5.10 Å². The van der Waals surface area contributed by atoms with Gasteiger partial charge in [0.15, 0.2) is 5.82 Å². The second kappa shape index (κ2) is 11.9. The van der Waals surface area contributed by atoms with Gasteiger partial charge in [-0.3, -0.25) is 9.69 Å². The first kappa shape index (κ1) is 26.1. The summed E-state index contributed by atoms with van der Waals surface area (Å²) in [6, 6.07) is 16.7. The lowest BCUT2D eigenvalue weighted by Crippen LogP contribution is -2.33.